The molecule has 0 aromatic rings. The van der Waals surface area contributed by atoms with Gasteiger partial charge in [-0.15, -0.1) is 0 Å². The third-order valence-electron chi connectivity index (χ3n) is 3.85. The number of nitrogens with zero attached hydrogens (tertiary/aromatic N) is 1. The van der Waals surface area contributed by atoms with Crippen LogP contribution < -0.4 is 5.73 Å². The Morgan fingerprint density at radius 2 is 2.12 bits per heavy atom. The molecule has 3 atom stereocenters. The lowest BCUT2D eigenvalue weighted by atomic mass is 9.84. The molecular formula is C12H26N2O2S. The maximum atomic E-state index is 11.5. The van der Waals surface area contributed by atoms with Gasteiger partial charge in [-0.1, -0.05) is 13.3 Å². The van der Waals surface area contributed by atoms with E-state index in [0.717, 1.165) is 25.7 Å². The molecule has 1 heterocycles. The third-order valence-corrected chi connectivity index (χ3v) is 5.12. The first-order valence-electron chi connectivity index (χ1n) is 6.55. The molecule has 0 saturated carbocycles. The van der Waals surface area contributed by atoms with Crippen molar-refractivity contribution in [2.75, 3.05) is 19.3 Å². The van der Waals surface area contributed by atoms with Gasteiger partial charge in [-0.05, 0) is 38.0 Å². The first-order valence-corrected chi connectivity index (χ1v) is 8.40. The molecule has 0 aliphatic carbocycles. The Morgan fingerprint density at radius 3 is 2.59 bits per heavy atom. The smallest absolute Gasteiger partial charge is 0.211 e. The van der Waals surface area contributed by atoms with Crippen molar-refractivity contribution in [1.82, 2.24) is 4.31 Å². The number of piperidine rings is 1. The minimum absolute atomic E-state index is 0.202. The Bertz CT molecular complexity index is 327. The molecular weight excluding hydrogens is 236 g/mol. The molecule has 1 rings (SSSR count). The number of hydrogen-bond acceptors (Lipinski definition) is 3. The van der Waals surface area contributed by atoms with E-state index in [0.29, 0.717) is 24.9 Å². The van der Waals surface area contributed by atoms with Crippen molar-refractivity contribution in [1.29, 1.82) is 0 Å². The summed E-state index contributed by atoms with van der Waals surface area (Å²) in [5, 5.41) is 0. The van der Waals surface area contributed by atoms with Crippen LogP contribution in [0.2, 0.25) is 0 Å². The van der Waals surface area contributed by atoms with Gasteiger partial charge < -0.3 is 5.73 Å². The zero-order chi connectivity index (χ0) is 13.1. The van der Waals surface area contributed by atoms with E-state index in [1.54, 1.807) is 4.31 Å². The highest BCUT2D eigenvalue weighted by Gasteiger charge is 2.27. The molecule has 0 amide bonds. The van der Waals surface area contributed by atoms with Crippen molar-refractivity contribution in [3.63, 3.8) is 0 Å². The molecule has 0 aromatic heterocycles. The van der Waals surface area contributed by atoms with Gasteiger partial charge in [0, 0.05) is 19.1 Å². The summed E-state index contributed by atoms with van der Waals surface area (Å²) < 4.78 is 24.7. The Hall–Kier alpha value is -0.130. The van der Waals surface area contributed by atoms with E-state index in [1.807, 2.05) is 6.92 Å². The van der Waals surface area contributed by atoms with Gasteiger partial charge in [0.25, 0.3) is 0 Å². The third kappa shape index (κ3) is 4.56. The van der Waals surface area contributed by atoms with E-state index in [4.69, 9.17) is 5.73 Å². The highest BCUT2D eigenvalue weighted by molar-refractivity contribution is 7.88. The molecule has 1 aliphatic heterocycles. The molecule has 3 unspecified atom stereocenters. The zero-order valence-electron chi connectivity index (χ0n) is 11.2. The number of nitrogens with two attached hydrogens (primary N) is 1. The molecule has 0 spiro atoms. The van der Waals surface area contributed by atoms with E-state index >= 15 is 0 Å². The fourth-order valence-electron chi connectivity index (χ4n) is 2.70. The van der Waals surface area contributed by atoms with Crippen LogP contribution in [0, 0.1) is 11.8 Å². The predicted molar refractivity (Wildman–Crippen MR) is 71.2 cm³/mol. The van der Waals surface area contributed by atoms with Crippen molar-refractivity contribution < 1.29 is 8.42 Å². The van der Waals surface area contributed by atoms with Crippen LogP contribution in [0.25, 0.3) is 0 Å². The van der Waals surface area contributed by atoms with E-state index in [2.05, 4.69) is 6.92 Å². The van der Waals surface area contributed by atoms with Crippen LogP contribution in [0.15, 0.2) is 0 Å². The summed E-state index contributed by atoms with van der Waals surface area (Å²) in [6, 6.07) is 0.202. The topological polar surface area (TPSA) is 63.4 Å². The maximum Gasteiger partial charge on any atom is 0.211 e. The lowest BCUT2D eigenvalue weighted by Gasteiger charge is -2.33. The van der Waals surface area contributed by atoms with Crippen LogP contribution in [-0.4, -0.2) is 38.1 Å². The summed E-state index contributed by atoms with van der Waals surface area (Å²) >= 11 is 0. The van der Waals surface area contributed by atoms with Gasteiger partial charge >= 0.3 is 0 Å². The largest absolute Gasteiger partial charge is 0.328 e. The first kappa shape index (κ1) is 14.9. The van der Waals surface area contributed by atoms with Crippen molar-refractivity contribution in [3.8, 4) is 0 Å². The summed E-state index contributed by atoms with van der Waals surface area (Å²) in [7, 11) is -3.02. The Kier molecular flexibility index (Phi) is 5.41. The number of sulfonamides is 1. The average Bonchev–Trinajstić information content (AvgIpc) is 2.24. The lowest BCUT2D eigenvalue weighted by molar-refractivity contribution is 0.218. The molecule has 5 heteroatoms. The molecule has 0 bridgehead atoms. The molecule has 1 aliphatic rings. The average molecular weight is 262 g/mol. The summed E-state index contributed by atoms with van der Waals surface area (Å²) in [6.45, 7) is 5.57. The highest BCUT2D eigenvalue weighted by atomic mass is 32.2. The fraction of sp³-hybridized carbons (Fsp3) is 1.00. The van der Waals surface area contributed by atoms with Crippen LogP contribution in [0.1, 0.15) is 39.5 Å². The fourth-order valence-corrected chi connectivity index (χ4v) is 3.64. The minimum Gasteiger partial charge on any atom is -0.328 e. The monoisotopic (exact) mass is 262 g/mol. The quantitative estimate of drug-likeness (QED) is 0.815. The zero-order valence-corrected chi connectivity index (χ0v) is 12.0. The maximum absolute atomic E-state index is 11.5. The van der Waals surface area contributed by atoms with Gasteiger partial charge in [-0.2, -0.15) is 0 Å². The molecule has 17 heavy (non-hydrogen) atoms. The lowest BCUT2D eigenvalue weighted by Crippen LogP contribution is -2.40. The SMILES string of the molecule is CCC(CC1CCCN(S(C)(=O)=O)C1)C(C)N. The van der Waals surface area contributed by atoms with Crippen LogP contribution >= 0.6 is 0 Å². The second kappa shape index (κ2) is 6.16. The normalized spacial score (nSPS) is 26.7. The van der Waals surface area contributed by atoms with Gasteiger partial charge in [-0.25, -0.2) is 12.7 Å². The second-order valence-corrected chi connectivity index (χ2v) is 7.37. The molecule has 1 fully saturated rings. The second-order valence-electron chi connectivity index (χ2n) is 5.39. The minimum atomic E-state index is -3.02. The van der Waals surface area contributed by atoms with Crippen molar-refractivity contribution in [2.24, 2.45) is 17.6 Å². The summed E-state index contributed by atoms with van der Waals surface area (Å²) in [5.74, 6) is 0.994. The molecule has 0 aromatic carbocycles. The Labute approximate surface area is 106 Å². The van der Waals surface area contributed by atoms with Crippen molar-refractivity contribution >= 4 is 10.0 Å². The van der Waals surface area contributed by atoms with E-state index in [1.165, 1.54) is 6.26 Å². The van der Waals surface area contributed by atoms with Crippen LogP contribution in [-0.2, 0) is 10.0 Å². The summed E-state index contributed by atoms with van der Waals surface area (Å²) in [5.41, 5.74) is 5.95. The first-order chi connectivity index (χ1) is 7.84. The van der Waals surface area contributed by atoms with E-state index in [9.17, 15) is 8.42 Å². The van der Waals surface area contributed by atoms with Gasteiger partial charge in [0.15, 0.2) is 0 Å². The van der Waals surface area contributed by atoms with E-state index < -0.39 is 10.0 Å². The van der Waals surface area contributed by atoms with Gasteiger partial charge in [0.05, 0.1) is 6.26 Å². The molecule has 1 saturated heterocycles. The number of hydrogen-bond donors (Lipinski definition) is 1. The number of rotatable bonds is 5. The van der Waals surface area contributed by atoms with E-state index in [-0.39, 0.29) is 6.04 Å². The molecule has 2 N–H and O–H groups in total. The highest BCUT2D eigenvalue weighted by Crippen LogP contribution is 2.27. The van der Waals surface area contributed by atoms with Crippen LogP contribution in [0.4, 0.5) is 0 Å². The predicted octanol–water partition coefficient (Wildman–Crippen LogP) is 1.42. The van der Waals surface area contributed by atoms with Gasteiger partial charge in [-0.3, -0.25) is 0 Å². The molecule has 4 nitrogen and oxygen atoms in total. The van der Waals surface area contributed by atoms with Crippen molar-refractivity contribution in [2.45, 2.75) is 45.6 Å². The Balaban J connectivity index is 2.55. The molecule has 102 valence electrons. The van der Waals surface area contributed by atoms with Crippen molar-refractivity contribution in [3.05, 3.63) is 0 Å². The van der Waals surface area contributed by atoms with Crippen LogP contribution in [0.3, 0.4) is 0 Å². The molecule has 0 radical (unpaired) electrons. The Morgan fingerprint density at radius 1 is 1.47 bits per heavy atom. The van der Waals surface area contributed by atoms with Gasteiger partial charge in [0.2, 0.25) is 10.0 Å². The standard InChI is InChI=1S/C12H26N2O2S/c1-4-12(10(2)13)8-11-6-5-7-14(9-11)17(3,15)16/h10-12H,4-9,13H2,1-3H3. The summed E-state index contributed by atoms with van der Waals surface area (Å²) in [6.07, 6.45) is 5.55. The van der Waals surface area contributed by atoms with Crippen LogP contribution in [0.5, 0.6) is 0 Å². The van der Waals surface area contributed by atoms with Gasteiger partial charge in [0.1, 0.15) is 0 Å². The summed E-state index contributed by atoms with van der Waals surface area (Å²) in [4.78, 5) is 0.